The molecule has 1 fully saturated rings. The van der Waals surface area contributed by atoms with Gasteiger partial charge in [-0.2, -0.15) is 9.97 Å². The number of aromatic nitrogens is 2. The highest BCUT2D eigenvalue weighted by atomic mass is 16.5. The molecule has 1 saturated heterocycles. The number of hydrogen-bond donors (Lipinski definition) is 1. The van der Waals surface area contributed by atoms with Crippen molar-refractivity contribution < 1.29 is 14.3 Å². The van der Waals surface area contributed by atoms with Gasteiger partial charge < -0.3 is 10.5 Å². The molecule has 0 aliphatic carbocycles. The number of carbonyl (C=O) groups is 2. The van der Waals surface area contributed by atoms with Crippen LogP contribution >= 0.6 is 0 Å². The molecule has 2 aliphatic rings. The van der Waals surface area contributed by atoms with Crippen LogP contribution < -0.4 is 15.4 Å². The number of carbonyl (C=O) groups excluding carboxylic acids is 2. The molecule has 0 unspecified atom stereocenters. The van der Waals surface area contributed by atoms with Gasteiger partial charge in [-0.3, -0.25) is 19.4 Å². The zero-order valence-electron chi connectivity index (χ0n) is 21.3. The first-order valence-electron chi connectivity index (χ1n) is 13.1. The number of nitrogens with two attached hydrogens (primary N) is 1. The summed E-state index contributed by atoms with van der Waals surface area (Å²) >= 11 is 0. The van der Waals surface area contributed by atoms with Gasteiger partial charge in [0, 0.05) is 18.5 Å². The van der Waals surface area contributed by atoms with Crippen molar-refractivity contribution in [1.29, 1.82) is 0 Å². The highest BCUT2D eigenvalue weighted by molar-refractivity contribution is 6.43. The van der Waals surface area contributed by atoms with Gasteiger partial charge in [-0.25, -0.2) is 0 Å². The molecule has 0 radical (unpaired) electrons. The number of amides is 1. The minimum Gasteiger partial charge on any atom is -0.463 e. The predicted octanol–water partition coefficient (Wildman–Crippen LogP) is 4.16. The number of ketones is 1. The number of fused-ring (bicyclic) bond motifs is 1. The lowest BCUT2D eigenvalue weighted by Gasteiger charge is -2.28. The van der Waals surface area contributed by atoms with E-state index in [-0.39, 0.29) is 24.8 Å². The SMILES string of the molecule is CCCCOc1nc(N)c2c(n1)N(Cc1ccc(-c3cccc(CN4CCCC4)c3)cc1)C(=O)C(=O)C2. The zero-order valence-corrected chi connectivity index (χ0v) is 21.3. The number of hydrogen-bond acceptors (Lipinski definition) is 7. The third kappa shape index (κ3) is 5.64. The Bertz CT molecular complexity index is 1290. The van der Waals surface area contributed by atoms with Gasteiger partial charge in [0.25, 0.3) is 5.91 Å². The number of ether oxygens (including phenoxy) is 1. The Morgan fingerprint density at radius 1 is 0.946 bits per heavy atom. The molecule has 8 nitrogen and oxygen atoms in total. The number of anilines is 2. The number of nitrogen functional groups attached to an aromatic ring is 1. The second-order valence-corrected chi connectivity index (χ2v) is 9.77. The maximum atomic E-state index is 12.9. The molecule has 8 heteroatoms. The largest absolute Gasteiger partial charge is 0.463 e. The number of rotatable bonds is 9. The lowest BCUT2D eigenvalue weighted by Crippen LogP contribution is -2.42. The van der Waals surface area contributed by atoms with Crippen LogP contribution in [0.3, 0.4) is 0 Å². The van der Waals surface area contributed by atoms with Crippen molar-refractivity contribution in [3.05, 3.63) is 65.2 Å². The zero-order chi connectivity index (χ0) is 25.8. The molecule has 37 heavy (non-hydrogen) atoms. The lowest BCUT2D eigenvalue weighted by molar-refractivity contribution is -0.136. The Balaban J connectivity index is 1.35. The third-order valence-electron chi connectivity index (χ3n) is 6.96. The Morgan fingerprint density at radius 2 is 1.73 bits per heavy atom. The maximum Gasteiger partial charge on any atom is 0.320 e. The molecule has 2 aromatic carbocycles. The summed E-state index contributed by atoms with van der Waals surface area (Å²) < 4.78 is 5.64. The van der Waals surface area contributed by atoms with Gasteiger partial charge in [-0.1, -0.05) is 55.8 Å². The van der Waals surface area contributed by atoms with Crippen molar-refractivity contribution in [2.45, 2.75) is 52.1 Å². The minimum atomic E-state index is -0.594. The molecule has 2 aliphatic heterocycles. The van der Waals surface area contributed by atoms with Crippen LogP contribution in [0.2, 0.25) is 0 Å². The molecule has 0 atom stereocenters. The first kappa shape index (κ1) is 24.9. The molecule has 1 aromatic heterocycles. The van der Waals surface area contributed by atoms with Crippen molar-refractivity contribution in [2.75, 3.05) is 30.3 Å². The first-order valence-corrected chi connectivity index (χ1v) is 13.1. The smallest absolute Gasteiger partial charge is 0.320 e. The average molecular weight is 500 g/mol. The first-order chi connectivity index (χ1) is 18.0. The minimum absolute atomic E-state index is 0.0988. The van der Waals surface area contributed by atoms with Crippen molar-refractivity contribution in [2.24, 2.45) is 0 Å². The molecule has 5 rings (SSSR count). The van der Waals surface area contributed by atoms with E-state index in [9.17, 15) is 9.59 Å². The summed E-state index contributed by atoms with van der Waals surface area (Å²) in [4.78, 5) is 37.9. The number of benzene rings is 2. The van der Waals surface area contributed by atoms with Crippen molar-refractivity contribution in [3.63, 3.8) is 0 Å². The average Bonchev–Trinajstić information content (AvgIpc) is 3.41. The molecular weight excluding hydrogens is 466 g/mol. The van der Waals surface area contributed by atoms with Crippen LogP contribution in [0.5, 0.6) is 6.01 Å². The molecule has 0 bridgehead atoms. The van der Waals surface area contributed by atoms with Crippen LogP contribution in [0, 0.1) is 0 Å². The van der Waals surface area contributed by atoms with E-state index in [1.165, 1.54) is 36.4 Å². The normalized spacial score (nSPS) is 15.8. The summed E-state index contributed by atoms with van der Waals surface area (Å²) in [6.07, 6.45) is 4.29. The van der Waals surface area contributed by atoms with Crippen LogP contribution in [-0.4, -0.2) is 46.3 Å². The van der Waals surface area contributed by atoms with Crippen LogP contribution in [0.25, 0.3) is 11.1 Å². The molecule has 1 amide bonds. The molecule has 192 valence electrons. The Hall–Kier alpha value is -3.78. The molecule has 3 aromatic rings. The van der Waals surface area contributed by atoms with Gasteiger partial charge in [0.15, 0.2) is 0 Å². The topological polar surface area (TPSA) is 102 Å². The monoisotopic (exact) mass is 499 g/mol. The second-order valence-electron chi connectivity index (χ2n) is 9.77. The summed E-state index contributed by atoms with van der Waals surface area (Å²) in [6.45, 7) is 6.05. The van der Waals surface area contributed by atoms with Crippen molar-refractivity contribution in [1.82, 2.24) is 14.9 Å². The van der Waals surface area contributed by atoms with E-state index in [1.54, 1.807) is 0 Å². The summed E-state index contributed by atoms with van der Waals surface area (Å²) in [7, 11) is 0. The highest BCUT2D eigenvalue weighted by Gasteiger charge is 2.35. The Kier molecular flexibility index (Phi) is 7.46. The number of nitrogens with zero attached hydrogens (tertiary/aromatic N) is 4. The van der Waals surface area contributed by atoms with Crippen molar-refractivity contribution in [3.8, 4) is 17.1 Å². The number of likely N-dealkylation sites (tertiary alicyclic amines) is 1. The van der Waals surface area contributed by atoms with E-state index in [0.717, 1.165) is 36.1 Å². The van der Waals surface area contributed by atoms with Gasteiger partial charge >= 0.3 is 6.01 Å². The Morgan fingerprint density at radius 3 is 2.49 bits per heavy atom. The molecule has 3 heterocycles. The highest BCUT2D eigenvalue weighted by Crippen LogP contribution is 2.32. The summed E-state index contributed by atoms with van der Waals surface area (Å²) in [6, 6.07) is 16.8. The summed E-state index contributed by atoms with van der Waals surface area (Å²) in [5, 5.41) is 0. The van der Waals surface area contributed by atoms with Crippen LogP contribution in [-0.2, 0) is 29.1 Å². The predicted molar refractivity (Wildman–Crippen MR) is 143 cm³/mol. The van der Waals surface area contributed by atoms with Crippen molar-refractivity contribution >= 4 is 23.3 Å². The summed E-state index contributed by atoms with van der Waals surface area (Å²) in [5.74, 6) is -0.591. The van der Waals surface area contributed by atoms with Gasteiger partial charge in [-0.05, 0) is 60.7 Å². The third-order valence-corrected chi connectivity index (χ3v) is 6.96. The van der Waals surface area contributed by atoms with E-state index in [0.29, 0.717) is 18.0 Å². The Labute approximate surface area is 217 Å². The summed E-state index contributed by atoms with van der Waals surface area (Å²) in [5.41, 5.74) is 11.1. The number of unbranched alkanes of at least 4 members (excludes halogenated alkanes) is 1. The fourth-order valence-corrected chi connectivity index (χ4v) is 4.90. The van der Waals surface area contributed by atoms with Gasteiger partial charge in [0.1, 0.15) is 11.6 Å². The van der Waals surface area contributed by atoms with Gasteiger partial charge in [0.05, 0.1) is 13.2 Å². The quantitative estimate of drug-likeness (QED) is 0.348. The molecule has 2 N–H and O–H groups in total. The van der Waals surface area contributed by atoms with E-state index >= 15 is 0 Å². The van der Waals surface area contributed by atoms with E-state index in [2.05, 4.69) is 58.2 Å². The fourth-order valence-electron chi connectivity index (χ4n) is 4.90. The number of Topliss-reactive ketones (excluding diaryl/α,β-unsaturated/α-hetero) is 1. The van der Waals surface area contributed by atoms with E-state index < -0.39 is 11.7 Å². The maximum absolute atomic E-state index is 12.9. The van der Waals surface area contributed by atoms with Gasteiger partial charge in [0.2, 0.25) is 5.78 Å². The molecule has 0 spiro atoms. The van der Waals surface area contributed by atoms with Crippen LogP contribution in [0.15, 0.2) is 48.5 Å². The van der Waals surface area contributed by atoms with Crippen LogP contribution in [0.4, 0.5) is 11.6 Å². The van der Waals surface area contributed by atoms with E-state index in [4.69, 9.17) is 10.5 Å². The van der Waals surface area contributed by atoms with Crippen LogP contribution in [0.1, 0.15) is 49.3 Å². The lowest BCUT2D eigenvalue weighted by atomic mass is 10.0. The molecular formula is C29H33N5O3. The second kappa shape index (κ2) is 11.1. The fraction of sp³-hybridized carbons (Fsp3) is 0.379. The van der Waals surface area contributed by atoms with Gasteiger partial charge in [-0.15, -0.1) is 0 Å². The standard InChI is InChI=1S/C29H33N5O3/c1-2-3-15-37-29-31-26(30)24-17-25(35)28(36)34(27(24)32-29)19-20-9-11-22(12-10-20)23-8-6-7-21(16-23)18-33-13-4-5-14-33/h6-12,16H,2-5,13-15,17-19H2,1H3,(H2,30,31,32). The van der Waals surface area contributed by atoms with E-state index in [1.807, 2.05) is 12.1 Å². The molecule has 0 saturated carbocycles.